The fraction of sp³-hybridized carbons (Fsp3) is 0.963. The highest BCUT2D eigenvalue weighted by Crippen LogP contribution is 2.67. The van der Waals surface area contributed by atoms with E-state index in [1.807, 2.05) is 4.90 Å². The summed E-state index contributed by atoms with van der Waals surface area (Å²) in [5.74, 6) is 5.28. The Balaban J connectivity index is 1.38. The monoisotopic (exact) mass is 401 g/mol. The standard InChI is InChI=1S/C27H47NO/c1-5-28(6-2)25(29)12-9-11-21-14-16-23-22-15-13-20-10-7-8-18-26(20,3)24(22)17-19-27(21,23)4/h20-24H,5-19H2,1-4H3. The van der Waals surface area contributed by atoms with E-state index in [1.54, 1.807) is 0 Å². The van der Waals surface area contributed by atoms with Crippen LogP contribution >= 0.6 is 0 Å². The van der Waals surface area contributed by atoms with Crippen molar-refractivity contribution in [2.45, 2.75) is 111 Å². The van der Waals surface area contributed by atoms with Crippen LogP contribution in [-0.2, 0) is 4.79 Å². The Labute approximate surface area is 180 Å². The molecular weight excluding hydrogens is 354 g/mol. The minimum Gasteiger partial charge on any atom is -0.343 e. The molecule has 2 heteroatoms. The molecule has 2 nitrogen and oxygen atoms in total. The van der Waals surface area contributed by atoms with Crippen molar-refractivity contribution in [3.8, 4) is 0 Å². The minimum absolute atomic E-state index is 0.377. The molecule has 1 amide bonds. The molecule has 0 radical (unpaired) electrons. The van der Waals surface area contributed by atoms with Crippen molar-refractivity contribution in [1.29, 1.82) is 0 Å². The summed E-state index contributed by atoms with van der Waals surface area (Å²) in [5, 5.41) is 0. The molecule has 0 saturated heterocycles. The van der Waals surface area contributed by atoms with Gasteiger partial charge in [0.1, 0.15) is 0 Å². The van der Waals surface area contributed by atoms with E-state index >= 15 is 0 Å². The number of carbonyl (C=O) groups is 1. The predicted molar refractivity (Wildman–Crippen MR) is 122 cm³/mol. The molecule has 4 rings (SSSR count). The lowest BCUT2D eigenvalue weighted by molar-refractivity contribution is -0.131. The molecule has 4 fully saturated rings. The molecule has 0 aromatic rings. The van der Waals surface area contributed by atoms with E-state index in [2.05, 4.69) is 27.7 Å². The van der Waals surface area contributed by atoms with Gasteiger partial charge in [0.05, 0.1) is 0 Å². The van der Waals surface area contributed by atoms with Crippen molar-refractivity contribution >= 4 is 5.91 Å². The van der Waals surface area contributed by atoms with Crippen molar-refractivity contribution in [1.82, 2.24) is 4.90 Å². The lowest BCUT2D eigenvalue weighted by Crippen LogP contribution is -2.52. The average molecular weight is 402 g/mol. The number of hydrogen-bond acceptors (Lipinski definition) is 1. The lowest BCUT2D eigenvalue weighted by atomic mass is 9.45. The highest BCUT2D eigenvalue weighted by molar-refractivity contribution is 5.76. The van der Waals surface area contributed by atoms with Crippen molar-refractivity contribution in [3.05, 3.63) is 0 Å². The van der Waals surface area contributed by atoms with E-state index in [1.165, 1.54) is 70.6 Å². The first-order valence-corrected chi connectivity index (χ1v) is 13.2. The third kappa shape index (κ3) is 3.69. The van der Waals surface area contributed by atoms with Gasteiger partial charge in [0, 0.05) is 19.5 Å². The zero-order valence-electron chi connectivity index (χ0n) is 19.8. The maximum atomic E-state index is 12.4. The van der Waals surface area contributed by atoms with E-state index in [9.17, 15) is 4.79 Å². The summed E-state index contributed by atoms with van der Waals surface area (Å²) < 4.78 is 0. The Morgan fingerprint density at radius 2 is 1.62 bits per heavy atom. The molecule has 0 bridgehead atoms. The van der Waals surface area contributed by atoms with Gasteiger partial charge in [0.25, 0.3) is 0 Å². The molecule has 7 unspecified atom stereocenters. The van der Waals surface area contributed by atoms with Gasteiger partial charge in [-0.05, 0) is 118 Å². The zero-order valence-corrected chi connectivity index (χ0v) is 19.8. The van der Waals surface area contributed by atoms with Crippen LogP contribution in [0.3, 0.4) is 0 Å². The summed E-state index contributed by atoms with van der Waals surface area (Å²) in [6, 6.07) is 0. The molecule has 0 N–H and O–H groups in total. The van der Waals surface area contributed by atoms with Crippen molar-refractivity contribution in [2.24, 2.45) is 40.4 Å². The average Bonchev–Trinajstić information content (AvgIpc) is 3.05. The number of rotatable bonds is 6. The van der Waals surface area contributed by atoms with Crippen LogP contribution in [0.1, 0.15) is 111 Å². The number of fused-ring (bicyclic) bond motifs is 5. The Morgan fingerprint density at radius 1 is 0.862 bits per heavy atom. The molecule has 0 spiro atoms. The highest BCUT2D eigenvalue weighted by Gasteiger charge is 2.59. The third-order valence-electron chi connectivity index (χ3n) is 10.8. The molecular formula is C27H47NO. The quantitative estimate of drug-likeness (QED) is 0.466. The number of amides is 1. The van der Waals surface area contributed by atoms with Gasteiger partial charge in [-0.25, -0.2) is 0 Å². The molecule has 4 saturated carbocycles. The molecule has 0 aromatic carbocycles. The Hall–Kier alpha value is -0.530. The second-order valence-electron chi connectivity index (χ2n) is 11.7. The first kappa shape index (κ1) is 21.7. The Morgan fingerprint density at radius 3 is 2.38 bits per heavy atom. The van der Waals surface area contributed by atoms with Gasteiger partial charge < -0.3 is 4.90 Å². The lowest BCUT2D eigenvalue weighted by Gasteiger charge is -2.60. The largest absolute Gasteiger partial charge is 0.343 e. The predicted octanol–water partition coefficient (Wildman–Crippen LogP) is 7.07. The van der Waals surface area contributed by atoms with Gasteiger partial charge in [-0.2, -0.15) is 0 Å². The molecule has 0 heterocycles. The Bertz CT molecular complexity index is 583. The SMILES string of the molecule is CCN(CC)C(=O)CCCC1CCC2C3CCC4CCCCC4(C)C3CCC12C. The topological polar surface area (TPSA) is 20.3 Å². The smallest absolute Gasteiger partial charge is 0.222 e. The molecule has 7 atom stereocenters. The summed E-state index contributed by atoms with van der Waals surface area (Å²) in [4.78, 5) is 14.4. The van der Waals surface area contributed by atoms with Crippen molar-refractivity contribution in [3.63, 3.8) is 0 Å². The maximum absolute atomic E-state index is 12.4. The van der Waals surface area contributed by atoms with Gasteiger partial charge in [-0.3, -0.25) is 4.79 Å². The fourth-order valence-corrected chi connectivity index (χ4v) is 9.11. The maximum Gasteiger partial charge on any atom is 0.222 e. The fourth-order valence-electron chi connectivity index (χ4n) is 9.11. The third-order valence-corrected chi connectivity index (χ3v) is 10.8. The summed E-state index contributed by atoms with van der Waals surface area (Å²) in [6.07, 6.45) is 18.1. The normalized spacial score (nSPS) is 43.9. The zero-order chi connectivity index (χ0) is 20.6. The van der Waals surface area contributed by atoms with Crippen molar-refractivity contribution < 1.29 is 4.79 Å². The number of hydrogen-bond donors (Lipinski definition) is 0. The summed E-state index contributed by atoms with van der Waals surface area (Å²) >= 11 is 0. The molecule has 166 valence electrons. The second-order valence-corrected chi connectivity index (χ2v) is 11.7. The summed E-state index contributed by atoms with van der Waals surface area (Å²) in [5.41, 5.74) is 1.23. The summed E-state index contributed by atoms with van der Waals surface area (Å²) in [7, 11) is 0. The van der Waals surface area contributed by atoms with Crippen LogP contribution in [0, 0.1) is 40.4 Å². The van der Waals surface area contributed by atoms with Crippen LogP contribution in [0.15, 0.2) is 0 Å². The van der Waals surface area contributed by atoms with Gasteiger partial charge in [0.2, 0.25) is 5.91 Å². The minimum atomic E-state index is 0.377. The van der Waals surface area contributed by atoms with Gasteiger partial charge >= 0.3 is 0 Å². The van der Waals surface area contributed by atoms with E-state index in [4.69, 9.17) is 0 Å². The van der Waals surface area contributed by atoms with Crippen LogP contribution < -0.4 is 0 Å². The molecule has 0 aromatic heterocycles. The van der Waals surface area contributed by atoms with E-state index in [-0.39, 0.29) is 0 Å². The molecule has 0 aliphatic heterocycles. The van der Waals surface area contributed by atoms with Crippen LogP contribution in [0.4, 0.5) is 0 Å². The van der Waals surface area contributed by atoms with Gasteiger partial charge in [-0.15, -0.1) is 0 Å². The van der Waals surface area contributed by atoms with Gasteiger partial charge in [-0.1, -0.05) is 26.7 Å². The van der Waals surface area contributed by atoms with Crippen LogP contribution in [0.25, 0.3) is 0 Å². The summed E-state index contributed by atoms with van der Waals surface area (Å²) in [6.45, 7) is 11.3. The number of nitrogens with zero attached hydrogens (tertiary/aromatic N) is 1. The Kier molecular flexibility index (Phi) is 6.39. The number of carbonyl (C=O) groups excluding carboxylic acids is 1. The van der Waals surface area contributed by atoms with Crippen molar-refractivity contribution in [2.75, 3.05) is 13.1 Å². The van der Waals surface area contributed by atoms with Crippen LogP contribution in [-0.4, -0.2) is 23.9 Å². The molecule has 29 heavy (non-hydrogen) atoms. The molecule has 4 aliphatic carbocycles. The van der Waals surface area contributed by atoms with E-state index in [0.29, 0.717) is 16.7 Å². The van der Waals surface area contributed by atoms with E-state index < -0.39 is 0 Å². The first-order chi connectivity index (χ1) is 13.9. The van der Waals surface area contributed by atoms with Crippen LogP contribution in [0.5, 0.6) is 0 Å². The molecule has 4 aliphatic rings. The highest BCUT2D eigenvalue weighted by atomic mass is 16.2. The second kappa shape index (κ2) is 8.54. The first-order valence-electron chi connectivity index (χ1n) is 13.2. The van der Waals surface area contributed by atoms with Crippen LogP contribution in [0.2, 0.25) is 0 Å². The van der Waals surface area contributed by atoms with Gasteiger partial charge in [0.15, 0.2) is 0 Å². The van der Waals surface area contributed by atoms with E-state index in [0.717, 1.165) is 55.5 Å².